The predicted octanol–water partition coefficient (Wildman–Crippen LogP) is 4.77. The number of nitrogens with one attached hydrogen (secondary N) is 2. The number of methoxy groups -OCH3 is 1. The molecule has 2 N–H and O–H groups in total. The number of esters is 1. The molecule has 0 aliphatic carbocycles. The van der Waals surface area contributed by atoms with Gasteiger partial charge in [-0.15, -0.1) is 0 Å². The molecule has 0 saturated heterocycles. The van der Waals surface area contributed by atoms with Crippen LogP contribution in [0.1, 0.15) is 35.7 Å². The van der Waals surface area contributed by atoms with Crippen LogP contribution in [0.15, 0.2) is 42.5 Å². The number of benzene rings is 2. The van der Waals surface area contributed by atoms with Gasteiger partial charge in [0.1, 0.15) is 5.75 Å². The molecule has 2 rings (SSSR count). The molecule has 0 saturated carbocycles. The standard InChI is InChI=1S/C20H24N2O3S/c1-4-5-12-25-19(23)15-7-9-16(10-8-15)21-20(26)22-17-13-14(2)6-11-18(17)24-3/h6-11,13H,4-5,12H2,1-3H3,(H2,21,22,26). The summed E-state index contributed by atoms with van der Waals surface area (Å²) in [6, 6.07) is 12.8. The van der Waals surface area contributed by atoms with Gasteiger partial charge < -0.3 is 20.1 Å². The average Bonchev–Trinajstić information content (AvgIpc) is 2.62. The SMILES string of the molecule is CCCCOC(=O)c1ccc(NC(=S)Nc2cc(C)ccc2OC)cc1. The van der Waals surface area contributed by atoms with Gasteiger partial charge in [-0.1, -0.05) is 19.4 Å². The molecule has 0 fully saturated rings. The number of carbonyl (C=O) groups excluding carboxylic acids is 1. The van der Waals surface area contributed by atoms with Crippen molar-refractivity contribution in [1.82, 2.24) is 0 Å². The lowest BCUT2D eigenvalue weighted by Gasteiger charge is -2.14. The van der Waals surface area contributed by atoms with Crippen molar-refractivity contribution in [3.8, 4) is 5.75 Å². The Labute approximate surface area is 159 Å². The van der Waals surface area contributed by atoms with Crippen molar-refractivity contribution in [3.63, 3.8) is 0 Å². The van der Waals surface area contributed by atoms with Crippen molar-refractivity contribution < 1.29 is 14.3 Å². The topological polar surface area (TPSA) is 59.6 Å². The number of ether oxygens (including phenoxy) is 2. The smallest absolute Gasteiger partial charge is 0.338 e. The maximum Gasteiger partial charge on any atom is 0.338 e. The van der Waals surface area contributed by atoms with Crippen LogP contribution in [0.3, 0.4) is 0 Å². The van der Waals surface area contributed by atoms with Crippen LogP contribution in [-0.2, 0) is 4.74 Å². The molecule has 0 heterocycles. The van der Waals surface area contributed by atoms with Crippen LogP contribution in [0.2, 0.25) is 0 Å². The van der Waals surface area contributed by atoms with Crippen molar-refractivity contribution in [1.29, 1.82) is 0 Å². The van der Waals surface area contributed by atoms with E-state index < -0.39 is 0 Å². The molecule has 0 amide bonds. The summed E-state index contributed by atoms with van der Waals surface area (Å²) in [5, 5.41) is 6.66. The molecule has 0 atom stereocenters. The molecular formula is C20H24N2O3S. The van der Waals surface area contributed by atoms with E-state index in [0.29, 0.717) is 23.0 Å². The molecule has 0 aliphatic rings. The van der Waals surface area contributed by atoms with E-state index in [1.165, 1.54) is 0 Å². The monoisotopic (exact) mass is 372 g/mol. The minimum atomic E-state index is -0.310. The van der Waals surface area contributed by atoms with E-state index in [-0.39, 0.29) is 5.97 Å². The molecule has 138 valence electrons. The molecule has 0 spiro atoms. The first-order valence-corrected chi connectivity index (χ1v) is 8.94. The highest BCUT2D eigenvalue weighted by atomic mass is 32.1. The molecule has 26 heavy (non-hydrogen) atoms. The van der Waals surface area contributed by atoms with E-state index in [0.717, 1.165) is 29.8 Å². The molecule has 2 aromatic carbocycles. The third-order valence-electron chi connectivity index (χ3n) is 3.71. The zero-order valence-corrected chi connectivity index (χ0v) is 16.1. The Morgan fingerprint density at radius 3 is 2.50 bits per heavy atom. The van der Waals surface area contributed by atoms with Crippen molar-refractivity contribution in [2.24, 2.45) is 0 Å². The lowest BCUT2D eigenvalue weighted by Crippen LogP contribution is -2.19. The Morgan fingerprint density at radius 2 is 1.85 bits per heavy atom. The fraction of sp³-hybridized carbons (Fsp3) is 0.300. The molecule has 5 nitrogen and oxygen atoms in total. The predicted molar refractivity (Wildman–Crippen MR) is 109 cm³/mol. The number of rotatable bonds is 7. The van der Waals surface area contributed by atoms with E-state index in [1.807, 2.05) is 25.1 Å². The number of aryl methyl sites for hydroxylation is 1. The molecule has 0 aliphatic heterocycles. The zero-order valence-electron chi connectivity index (χ0n) is 15.3. The summed E-state index contributed by atoms with van der Waals surface area (Å²) >= 11 is 5.35. The van der Waals surface area contributed by atoms with Crippen molar-refractivity contribution in [2.45, 2.75) is 26.7 Å². The highest BCUT2D eigenvalue weighted by molar-refractivity contribution is 7.80. The third-order valence-corrected chi connectivity index (χ3v) is 3.92. The van der Waals surface area contributed by atoms with Gasteiger partial charge in [0.15, 0.2) is 5.11 Å². The average molecular weight is 372 g/mol. The maximum absolute atomic E-state index is 11.9. The number of thiocarbonyl (C=S) groups is 1. The molecule has 0 bridgehead atoms. The summed E-state index contributed by atoms with van der Waals surface area (Å²) in [6.07, 6.45) is 1.86. The quantitative estimate of drug-likeness (QED) is 0.415. The van der Waals surface area contributed by atoms with Crippen molar-refractivity contribution >= 4 is 34.7 Å². The van der Waals surface area contributed by atoms with Gasteiger partial charge in [0.25, 0.3) is 0 Å². The first-order valence-electron chi connectivity index (χ1n) is 8.53. The van der Waals surface area contributed by atoms with Gasteiger partial charge in [-0.2, -0.15) is 0 Å². The van der Waals surface area contributed by atoms with Crippen molar-refractivity contribution in [2.75, 3.05) is 24.4 Å². The first-order chi connectivity index (χ1) is 12.5. The highest BCUT2D eigenvalue weighted by Crippen LogP contribution is 2.25. The lowest BCUT2D eigenvalue weighted by atomic mass is 10.2. The number of unbranched alkanes of at least 4 members (excludes halogenated alkanes) is 1. The summed E-state index contributed by atoms with van der Waals surface area (Å²) in [5.74, 6) is 0.403. The van der Waals surface area contributed by atoms with Gasteiger partial charge >= 0.3 is 5.97 Å². The van der Waals surface area contributed by atoms with Crippen LogP contribution >= 0.6 is 12.2 Å². The number of anilines is 2. The zero-order chi connectivity index (χ0) is 18.9. The van der Waals surface area contributed by atoms with Crippen LogP contribution < -0.4 is 15.4 Å². The van der Waals surface area contributed by atoms with Crippen LogP contribution in [0.5, 0.6) is 5.75 Å². The molecule has 0 aromatic heterocycles. The second-order valence-electron chi connectivity index (χ2n) is 5.85. The van der Waals surface area contributed by atoms with E-state index >= 15 is 0 Å². The summed E-state index contributed by atoms with van der Waals surface area (Å²) in [6.45, 7) is 4.50. The van der Waals surface area contributed by atoms with Gasteiger partial charge in [-0.05, 0) is 67.5 Å². The van der Waals surface area contributed by atoms with Crippen LogP contribution in [0.25, 0.3) is 0 Å². The van der Waals surface area contributed by atoms with E-state index in [1.54, 1.807) is 31.4 Å². The van der Waals surface area contributed by atoms with Crippen LogP contribution in [-0.4, -0.2) is 24.8 Å². The molecular weight excluding hydrogens is 348 g/mol. The van der Waals surface area contributed by atoms with Gasteiger partial charge in [0.05, 0.1) is 25.0 Å². The molecule has 0 unspecified atom stereocenters. The second-order valence-corrected chi connectivity index (χ2v) is 6.26. The van der Waals surface area contributed by atoms with E-state index in [9.17, 15) is 4.79 Å². The number of carbonyl (C=O) groups is 1. The molecule has 0 radical (unpaired) electrons. The summed E-state index contributed by atoms with van der Waals surface area (Å²) in [4.78, 5) is 11.9. The fourth-order valence-electron chi connectivity index (χ4n) is 2.29. The van der Waals surface area contributed by atoms with Gasteiger partial charge in [0.2, 0.25) is 0 Å². The highest BCUT2D eigenvalue weighted by Gasteiger charge is 2.08. The molecule has 6 heteroatoms. The Balaban J connectivity index is 1.95. The van der Waals surface area contributed by atoms with Gasteiger partial charge in [0, 0.05) is 5.69 Å². The summed E-state index contributed by atoms with van der Waals surface area (Å²) in [7, 11) is 1.62. The van der Waals surface area contributed by atoms with Crippen LogP contribution in [0, 0.1) is 6.92 Å². The third kappa shape index (κ3) is 5.74. The maximum atomic E-state index is 11.9. The fourth-order valence-corrected chi connectivity index (χ4v) is 2.51. The first kappa shape index (κ1) is 19.7. The Hall–Kier alpha value is -2.60. The minimum Gasteiger partial charge on any atom is -0.495 e. The normalized spacial score (nSPS) is 10.1. The Bertz CT molecular complexity index is 760. The second kappa shape index (κ2) is 9.77. The largest absolute Gasteiger partial charge is 0.495 e. The van der Waals surface area contributed by atoms with Crippen LogP contribution in [0.4, 0.5) is 11.4 Å². The Morgan fingerprint density at radius 1 is 1.12 bits per heavy atom. The summed E-state index contributed by atoms with van der Waals surface area (Å²) in [5.41, 5.74) is 3.19. The lowest BCUT2D eigenvalue weighted by molar-refractivity contribution is 0.0500. The number of hydrogen-bond acceptors (Lipinski definition) is 4. The minimum absolute atomic E-state index is 0.310. The van der Waals surface area contributed by atoms with Gasteiger partial charge in [-0.25, -0.2) is 4.79 Å². The number of hydrogen-bond donors (Lipinski definition) is 2. The molecule has 2 aromatic rings. The van der Waals surface area contributed by atoms with Gasteiger partial charge in [-0.3, -0.25) is 0 Å². The summed E-state index contributed by atoms with van der Waals surface area (Å²) < 4.78 is 10.5. The van der Waals surface area contributed by atoms with Crippen molar-refractivity contribution in [3.05, 3.63) is 53.6 Å². The van der Waals surface area contributed by atoms with E-state index in [4.69, 9.17) is 21.7 Å². The Kier molecular flexibility index (Phi) is 7.41. The van der Waals surface area contributed by atoms with E-state index in [2.05, 4.69) is 17.6 Å².